The summed E-state index contributed by atoms with van der Waals surface area (Å²) in [5.41, 5.74) is 0. The zero-order chi connectivity index (χ0) is 8.65. The van der Waals surface area contributed by atoms with Crippen LogP contribution in [0.2, 0.25) is 0 Å². The molecule has 0 spiro atoms. The Bertz CT molecular complexity index is 137. The molecule has 0 aromatic heterocycles. The number of halogens is 3. The van der Waals surface area contributed by atoms with Crippen LogP contribution in [0, 0.1) is 5.92 Å². The van der Waals surface area contributed by atoms with Crippen LogP contribution in [0.4, 0.5) is 13.2 Å². The third-order valence-electron chi connectivity index (χ3n) is 2.11. The molecule has 4 heteroatoms. The highest BCUT2D eigenvalue weighted by molar-refractivity contribution is 4.84. The lowest BCUT2D eigenvalue weighted by Crippen LogP contribution is -2.54. The van der Waals surface area contributed by atoms with Crippen LogP contribution >= 0.6 is 0 Å². The van der Waals surface area contributed by atoms with Gasteiger partial charge in [-0.2, -0.15) is 13.2 Å². The number of nitrogens with zero attached hydrogens (tertiary/aromatic N) is 1. The van der Waals surface area contributed by atoms with E-state index in [9.17, 15) is 13.2 Å². The van der Waals surface area contributed by atoms with Gasteiger partial charge in [0.15, 0.2) is 0 Å². The zero-order valence-corrected chi connectivity index (χ0v) is 6.65. The Balaban J connectivity index is 2.38. The van der Waals surface area contributed by atoms with Gasteiger partial charge in [-0.15, -0.1) is 0 Å². The second kappa shape index (κ2) is 2.66. The monoisotopic (exact) mass is 167 g/mol. The molecule has 1 fully saturated rings. The van der Waals surface area contributed by atoms with Gasteiger partial charge in [-0.05, 0) is 12.8 Å². The highest BCUT2D eigenvalue weighted by Gasteiger charge is 2.43. The maximum absolute atomic E-state index is 12.0. The minimum atomic E-state index is -4.06. The molecule has 1 nitrogen and oxygen atoms in total. The molecule has 0 N–H and O–H groups in total. The fraction of sp³-hybridized carbons (Fsp3) is 1.00. The highest BCUT2D eigenvalue weighted by atomic mass is 19.4. The molecule has 1 unspecified atom stereocenters. The lowest BCUT2D eigenvalue weighted by molar-refractivity contribution is -0.192. The fourth-order valence-corrected chi connectivity index (χ4v) is 1.27. The van der Waals surface area contributed by atoms with Crippen LogP contribution in [0.25, 0.3) is 0 Å². The second-order valence-corrected chi connectivity index (χ2v) is 3.28. The highest BCUT2D eigenvalue weighted by Crippen LogP contribution is 2.29. The molecule has 66 valence electrons. The van der Waals surface area contributed by atoms with Crippen LogP contribution in [0.3, 0.4) is 0 Å². The molecule has 0 amide bonds. The smallest absolute Gasteiger partial charge is 0.292 e. The van der Waals surface area contributed by atoms with E-state index in [0.717, 1.165) is 0 Å². The van der Waals surface area contributed by atoms with Crippen LogP contribution in [-0.4, -0.2) is 30.2 Å². The Morgan fingerprint density at radius 1 is 1.36 bits per heavy atom. The van der Waals surface area contributed by atoms with E-state index in [4.69, 9.17) is 0 Å². The van der Waals surface area contributed by atoms with Gasteiger partial charge in [0.05, 0.1) is 0 Å². The summed E-state index contributed by atoms with van der Waals surface area (Å²) in [4.78, 5) is 1.45. The molecule has 1 saturated heterocycles. The summed E-state index contributed by atoms with van der Waals surface area (Å²) in [6.45, 7) is 4.34. The quantitative estimate of drug-likeness (QED) is 0.576. The van der Waals surface area contributed by atoms with Gasteiger partial charge in [0.25, 0.3) is 0 Å². The SMILES string of the molecule is CC1CN(C(C)C(F)(F)F)C1. The number of hydrogen-bond donors (Lipinski definition) is 0. The Morgan fingerprint density at radius 3 is 2.09 bits per heavy atom. The first kappa shape index (κ1) is 8.84. The second-order valence-electron chi connectivity index (χ2n) is 3.28. The molecule has 0 radical (unpaired) electrons. The van der Waals surface area contributed by atoms with Crippen molar-refractivity contribution in [2.24, 2.45) is 5.92 Å². The standard InChI is InChI=1S/C7H12F3N/c1-5-3-11(4-5)6(2)7(8,9)10/h5-6H,3-4H2,1-2H3. The van der Waals surface area contributed by atoms with Crippen molar-refractivity contribution in [3.8, 4) is 0 Å². The van der Waals surface area contributed by atoms with E-state index in [1.807, 2.05) is 6.92 Å². The Morgan fingerprint density at radius 2 is 1.82 bits per heavy atom. The predicted octanol–water partition coefficient (Wildman–Crippen LogP) is 1.89. The largest absolute Gasteiger partial charge is 0.403 e. The summed E-state index contributed by atoms with van der Waals surface area (Å²) in [7, 11) is 0. The van der Waals surface area contributed by atoms with E-state index in [1.54, 1.807) is 0 Å². The van der Waals surface area contributed by atoms with Gasteiger partial charge in [-0.3, -0.25) is 4.90 Å². The molecule has 1 rings (SSSR count). The Hall–Kier alpha value is -0.250. The molecule has 0 aliphatic carbocycles. The molecule has 1 atom stereocenters. The number of alkyl halides is 3. The Labute approximate surface area is 64.2 Å². The topological polar surface area (TPSA) is 3.24 Å². The van der Waals surface area contributed by atoms with Crippen molar-refractivity contribution in [1.82, 2.24) is 4.90 Å². The maximum Gasteiger partial charge on any atom is 0.403 e. The summed E-state index contributed by atoms with van der Waals surface area (Å²) in [5.74, 6) is 0.430. The van der Waals surface area contributed by atoms with Gasteiger partial charge in [0, 0.05) is 13.1 Å². The third kappa shape index (κ3) is 1.86. The number of rotatable bonds is 1. The lowest BCUT2D eigenvalue weighted by Gasteiger charge is -2.41. The lowest BCUT2D eigenvalue weighted by atomic mass is 10.0. The molecule has 0 saturated carbocycles. The fourth-order valence-electron chi connectivity index (χ4n) is 1.27. The van der Waals surface area contributed by atoms with E-state index in [-0.39, 0.29) is 0 Å². The zero-order valence-electron chi connectivity index (χ0n) is 6.65. The van der Waals surface area contributed by atoms with Crippen molar-refractivity contribution in [2.75, 3.05) is 13.1 Å². The summed E-state index contributed by atoms with van der Waals surface area (Å²) in [6.07, 6.45) is -4.06. The van der Waals surface area contributed by atoms with Gasteiger partial charge in [-0.1, -0.05) is 6.92 Å². The van der Waals surface area contributed by atoms with Crippen LogP contribution < -0.4 is 0 Å². The van der Waals surface area contributed by atoms with Gasteiger partial charge in [-0.25, -0.2) is 0 Å². The number of hydrogen-bond acceptors (Lipinski definition) is 1. The molecule has 0 bridgehead atoms. The first-order valence-corrected chi connectivity index (χ1v) is 3.72. The average molecular weight is 167 g/mol. The summed E-state index contributed by atoms with van der Waals surface area (Å²) in [6, 6.07) is -1.27. The third-order valence-corrected chi connectivity index (χ3v) is 2.11. The molecule has 0 aromatic carbocycles. The van der Waals surface area contributed by atoms with Gasteiger partial charge < -0.3 is 0 Å². The minimum Gasteiger partial charge on any atom is -0.292 e. The van der Waals surface area contributed by atoms with Gasteiger partial charge in [0.2, 0.25) is 0 Å². The molecular weight excluding hydrogens is 155 g/mol. The summed E-state index contributed by atoms with van der Waals surface area (Å²) in [5, 5.41) is 0. The molecule has 1 aliphatic rings. The first-order chi connectivity index (χ1) is 4.91. The van der Waals surface area contributed by atoms with Crippen LogP contribution in [0.15, 0.2) is 0 Å². The van der Waals surface area contributed by atoms with E-state index < -0.39 is 12.2 Å². The van der Waals surface area contributed by atoms with Crippen molar-refractivity contribution in [3.63, 3.8) is 0 Å². The van der Waals surface area contributed by atoms with E-state index in [1.165, 1.54) is 11.8 Å². The van der Waals surface area contributed by atoms with E-state index in [2.05, 4.69) is 0 Å². The van der Waals surface area contributed by atoms with Gasteiger partial charge in [0.1, 0.15) is 6.04 Å². The molecule has 0 aromatic rings. The average Bonchev–Trinajstić information content (AvgIpc) is 1.77. The van der Waals surface area contributed by atoms with Crippen molar-refractivity contribution in [1.29, 1.82) is 0 Å². The van der Waals surface area contributed by atoms with E-state index in [0.29, 0.717) is 19.0 Å². The first-order valence-electron chi connectivity index (χ1n) is 3.72. The predicted molar refractivity (Wildman–Crippen MR) is 36.3 cm³/mol. The van der Waals surface area contributed by atoms with Crippen molar-refractivity contribution in [3.05, 3.63) is 0 Å². The normalized spacial score (nSPS) is 24.8. The van der Waals surface area contributed by atoms with Gasteiger partial charge >= 0.3 is 6.18 Å². The number of likely N-dealkylation sites (tertiary alicyclic amines) is 1. The summed E-state index contributed by atoms with van der Waals surface area (Å²) < 4.78 is 36.0. The van der Waals surface area contributed by atoms with Crippen LogP contribution in [0.1, 0.15) is 13.8 Å². The summed E-state index contributed by atoms with van der Waals surface area (Å²) >= 11 is 0. The molecule has 1 heterocycles. The van der Waals surface area contributed by atoms with Crippen molar-refractivity contribution < 1.29 is 13.2 Å². The van der Waals surface area contributed by atoms with Crippen molar-refractivity contribution in [2.45, 2.75) is 26.1 Å². The molecule has 11 heavy (non-hydrogen) atoms. The molecular formula is C7H12F3N. The minimum absolute atomic E-state index is 0.430. The Kier molecular flexibility index (Phi) is 2.14. The molecule has 1 aliphatic heterocycles. The van der Waals surface area contributed by atoms with Crippen molar-refractivity contribution >= 4 is 0 Å². The van der Waals surface area contributed by atoms with Crippen LogP contribution in [-0.2, 0) is 0 Å². The van der Waals surface area contributed by atoms with Crippen LogP contribution in [0.5, 0.6) is 0 Å². The maximum atomic E-state index is 12.0. The van der Waals surface area contributed by atoms with E-state index >= 15 is 0 Å².